The quantitative estimate of drug-likeness (QED) is 0.330. The average molecular weight is 572 g/mol. The molecule has 0 saturated carbocycles. The van der Waals surface area contributed by atoms with Crippen molar-refractivity contribution >= 4 is 39.1 Å². The van der Waals surface area contributed by atoms with Crippen LogP contribution in [0.3, 0.4) is 0 Å². The second-order valence-electron chi connectivity index (χ2n) is 8.95. The Morgan fingerprint density at radius 3 is 2.21 bits per heavy atom. The van der Waals surface area contributed by atoms with Gasteiger partial charge in [-0.05, 0) is 61.4 Å². The minimum absolute atomic E-state index is 0.0644. The zero-order valence-electron chi connectivity index (χ0n) is 22.3. The summed E-state index contributed by atoms with van der Waals surface area (Å²) in [5, 5.41) is 3.32. The highest BCUT2D eigenvalue weighted by Crippen LogP contribution is 2.23. The molecular formula is C29H34ClN3O5S. The van der Waals surface area contributed by atoms with Gasteiger partial charge in [0, 0.05) is 24.5 Å². The van der Waals surface area contributed by atoms with Crippen LogP contribution >= 0.6 is 11.6 Å². The molecule has 3 aromatic rings. The highest BCUT2D eigenvalue weighted by Gasteiger charge is 2.32. The van der Waals surface area contributed by atoms with E-state index in [0.29, 0.717) is 35.2 Å². The molecule has 3 rings (SSSR count). The summed E-state index contributed by atoms with van der Waals surface area (Å²) in [6, 6.07) is 22.0. The first-order chi connectivity index (χ1) is 18.6. The van der Waals surface area contributed by atoms with Gasteiger partial charge in [-0.1, -0.05) is 54.1 Å². The van der Waals surface area contributed by atoms with Crippen molar-refractivity contribution in [2.24, 2.45) is 0 Å². The number of hydrogen-bond acceptors (Lipinski definition) is 5. The van der Waals surface area contributed by atoms with Gasteiger partial charge in [-0.3, -0.25) is 13.9 Å². The lowest BCUT2D eigenvalue weighted by Gasteiger charge is -2.33. The predicted octanol–water partition coefficient (Wildman–Crippen LogP) is 4.28. The summed E-state index contributed by atoms with van der Waals surface area (Å²) in [7, 11) is -3.84. The number of carbonyl (C=O) groups is 2. The van der Waals surface area contributed by atoms with Crippen molar-refractivity contribution in [3.8, 4) is 5.75 Å². The Kier molecular flexibility index (Phi) is 10.8. The number of anilines is 1. The molecule has 0 aliphatic carbocycles. The number of rotatable bonds is 13. The molecule has 0 radical (unpaired) electrons. The number of amides is 2. The van der Waals surface area contributed by atoms with Crippen LogP contribution in [0.15, 0.2) is 78.9 Å². The first-order valence-corrected chi connectivity index (χ1v) is 14.9. The van der Waals surface area contributed by atoms with Gasteiger partial charge in [-0.15, -0.1) is 0 Å². The summed E-state index contributed by atoms with van der Waals surface area (Å²) >= 11 is 6.21. The lowest BCUT2D eigenvalue weighted by Crippen LogP contribution is -2.53. The number of ether oxygens (including phenoxy) is 1. The number of nitrogens with one attached hydrogen (secondary N) is 1. The number of sulfonamides is 1. The average Bonchev–Trinajstić information content (AvgIpc) is 2.90. The van der Waals surface area contributed by atoms with Crippen LogP contribution in [0, 0.1) is 0 Å². The number of carbonyl (C=O) groups excluding carboxylic acids is 2. The molecule has 0 aliphatic heterocycles. The highest BCUT2D eigenvalue weighted by molar-refractivity contribution is 7.92. The first kappa shape index (κ1) is 30.0. The number of benzene rings is 3. The summed E-state index contributed by atoms with van der Waals surface area (Å²) in [5.74, 6) is -0.270. The van der Waals surface area contributed by atoms with Crippen LogP contribution in [-0.2, 0) is 32.6 Å². The molecule has 0 aliphatic rings. The second kappa shape index (κ2) is 14.0. The van der Waals surface area contributed by atoms with Gasteiger partial charge in [0.15, 0.2) is 0 Å². The van der Waals surface area contributed by atoms with Crippen molar-refractivity contribution in [2.45, 2.75) is 32.9 Å². The zero-order chi connectivity index (χ0) is 28.4. The van der Waals surface area contributed by atoms with Gasteiger partial charge >= 0.3 is 0 Å². The molecule has 0 spiro atoms. The van der Waals surface area contributed by atoms with E-state index >= 15 is 0 Å². The van der Waals surface area contributed by atoms with Crippen molar-refractivity contribution in [2.75, 3.05) is 30.3 Å². The van der Waals surface area contributed by atoms with Crippen LogP contribution in [0.2, 0.25) is 5.02 Å². The van der Waals surface area contributed by atoms with E-state index in [2.05, 4.69) is 5.32 Å². The summed E-state index contributed by atoms with van der Waals surface area (Å²) < 4.78 is 32.2. The molecule has 1 atom stereocenters. The Morgan fingerprint density at radius 2 is 1.62 bits per heavy atom. The molecule has 0 heterocycles. The summed E-state index contributed by atoms with van der Waals surface area (Å²) in [6.07, 6.45) is 1.30. The standard InChI is InChI=1S/C29H34ClN3O5S/c1-4-31-29(35)27(19-22-10-7-6-8-11-22)32(20-23-12-9-13-24(30)18-23)28(34)21-33(39(3,36)37)25-14-16-26(17-15-25)38-5-2/h6-18,27H,4-5,19-21H2,1-3H3,(H,31,35)/t27-/m0/s1. The molecule has 2 amide bonds. The van der Waals surface area contributed by atoms with E-state index in [-0.39, 0.29) is 18.9 Å². The second-order valence-corrected chi connectivity index (χ2v) is 11.3. The van der Waals surface area contributed by atoms with Crippen molar-refractivity contribution in [1.29, 1.82) is 0 Å². The normalized spacial score (nSPS) is 11.9. The van der Waals surface area contributed by atoms with Gasteiger partial charge in [0.1, 0.15) is 18.3 Å². The van der Waals surface area contributed by atoms with E-state index in [9.17, 15) is 18.0 Å². The third kappa shape index (κ3) is 8.73. The van der Waals surface area contributed by atoms with Crippen LogP contribution in [0.25, 0.3) is 0 Å². The molecule has 0 unspecified atom stereocenters. The zero-order valence-corrected chi connectivity index (χ0v) is 23.9. The molecule has 3 aromatic carbocycles. The smallest absolute Gasteiger partial charge is 0.244 e. The van der Waals surface area contributed by atoms with Crippen LogP contribution in [-0.4, -0.2) is 57.1 Å². The van der Waals surface area contributed by atoms with Gasteiger partial charge in [0.05, 0.1) is 18.6 Å². The largest absolute Gasteiger partial charge is 0.494 e. The number of likely N-dealkylation sites (N-methyl/N-ethyl adjacent to an activating group) is 1. The highest BCUT2D eigenvalue weighted by atomic mass is 35.5. The summed E-state index contributed by atoms with van der Waals surface area (Å²) in [4.78, 5) is 28.7. The Bertz CT molecular complexity index is 1350. The van der Waals surface area contributed by atoms with Crippen LogP contribution in [0.4, 0.5) is 5.69 Å². The predicted molar refractivity (Wildman–Crippen MR) is 154 cm³/mol. The minimum Gasteiger partial charge on any atom is -0.494 e. The maximum atomic E-state index is 14.0. The number of halogens is 1. The lowest BCUT2D eigenvalue weighted by molar-refractivity contribution is -0.140. The molecule has 10 heteroatoms. The monoisotopic (exact) mass is 571 g/mol. The third-order valence-electron chi connectivity index (χ3n) is 5.98. The van der Waals surface area contributed by atoms with E-state index in [1.807, 2.05) is 43.3 Å². The van der Waals surface area contributed by atoms with E-state index in [0.717, 1.165) is 16.1 Å². The van der Waals surface area contributed by atoms with Gasteiger partial charge in [0.2, 0.25) is 21.8 Å². The molecule has 1 N–H and O–H groups in total. The Balaban J connectivity index is 2.01. The van der Waals surface area contributed by atoms with Gasteiger partial charge < -0.3 is 15.0 Å². The molecular weight excluding hydrogens is 538 g/mol. The lowest BCUT2D eigenvalue weighted by atomic mass is 10.0. The van der Waals surface area contributed by atoms with Crippen molar-refractivity contribution < 1.29 is 22.7 Å². The maximum Gasteiger partial charge on any atom is 0.244 e. The number of nitrogens with zero attached hydrogens (tertiary/aromatic N) is 2. The Hall–Kier alpha value is -3.56. The van der Waals surface area contributed by atoms with Gasteiger partial charge in [-0.25, -0.2) is 8.42 Å². The topological polar surface area (TPSA) is 96.0 Å². The van der Waals surface area contributed by atoms with E-state index in [1.165, 1.54) is 4.90 Å². The first-order valence-electron chi connectivity index (χ1n) is 12.7. The van der Waals surface area contributed by atoms with Gasteiger partial charge in [0.25, 0.3) is 0 Å². The molecule has 8 nitrogen and oxygen atoms in total. The molecule has 39 heavy (non-hydrogen) atoms. The number of hydrogen-bond donors (Lipinski definition) is 1. The van der Waals surface area contributed by atoms with E-state index < -0.39 is 28.5 Å². The van der Waals surface area contributed by atoms with Crippen LogP contribution < -0.4 is 14.4 Å². The van der Waals surface area contributed by atoms with Crippen LogP contribution in [0.1, 0.15) is 25.0 Å². The van der Waals surface area contributed by atoms with E-state index in [1.54, 1.807) is 49.4 Å². The fourth-order valence-electron chi connectivity index (χ4n) is 4.17. The molecule has 0 bridgehead atoms. The van der Waals surface area contributed by atoms with Crippen molar-refractivity contribution in [1.82, 2.24) is 10.2 Å². The molecule has 0 fully saturated rings. The summed E-state index contributed by atoms with van der Waals surface area (Å²) in [5.41, 5.74) is 1.89. The molecule has 0 aromatic heterocycles. The Labute approximate surface area is 235 Å². The van der Waals surface area contributed by atoms with E-state index in [4.69, 9.17) is 16.3 Å². The summed E-state index contributed by atoms with van der Waals surface area (Å²) in [6.45, 7) is 4.08. The molecule has 0 saturated heterocycles. The Morgan fingerprint density at radius 1 is 0.949 bits per heavy atom. The van der Waals surface area contributed by atoms with Crippen LogP contribution in [0.5, 0.6) is 5.75 Å². The fourth-order valence-corrected chi connectivity index (χ4v) is 5.23. The SMILES string of the molecule is CCNC(=O)[C@H](Cc1ccccc1)N(Cc1cccc(Cl)c1)C(=O)CN(c1ccc(OCC)cc1)S(C)(=O)=O. The van der Waals surface area contributed by atoms with Crippen molar-refractivity contribution in [3.05, 3.63) is 95.0 Å². The van der Waals surface area contributed by atoms with Crippen molar-refractivity contribution in [3.63, 3.8) is 0 Å². The minimum atomic E-state index is -3.84. The molecule has 208 valence electrons. The third-order valence-corrected chi connectivity index (χ3v) is 7.35. The maximum absolute atomic E-state index is 14.0. The fraction of sp³-hybridized carbons (Fsp3) is 0.310. The van der Waals surface area contributed by atoms with Gasteiger partial charge in [-0.2, -0.15) is 0 Å².